The van der Waals surface area contributed by atoms with Crippen LogP contribution in [0.15, 0.2) is 35.7 Å². The average Bonchev–Trinajstić information content (AvgIpc) is 3.13. The lowest BCUT2D eigenvalue weighted by molar-refractivity contribution is 0.453. The average molecular weight is 337 g/mol. The van der Waals surface area contributed by atoms with Crippen LogP contribution < -0.4 is 0 Å². The topological polar surface area (TPSA) is 55.2 Å². The van der Waals surface area contributed by atoms with Gasteiger partial charge in [0, 0.05) is 26.3 Å². The Morgan fingerprint density at radius 2 is 2.17 bits per heavy atom. The standard InChI is InChI=1S/C16H20FN3O2S/c1-12-3-4-13(8-15(12)17)7-14-5-6-20(9-14)23(21,22)16-10-19(2)11-18-16/h3-4,8,10-11,14H,5-7,9H2,1-2H3. The summed E-state index contributed by atoms with van der Waals surface area (Å²) in [5.41, 5.74) is 1.54. The van der Waals surface area contributed by atoms with E-state index in [-0.39, 0.29) is 16.8 Å². The first-order valence-electron chi connectivity index (χ1n) is 7.59. The lowest BCUT2D eigenvalue weighted by Gasteiger charge is -2.15. The summed E-state index contributed by atoms with van der Waals surface area (Å²) in [7, 11) is -1.79. The minimum absolute atomic E-state index is 0.0852. The number of benzene rings is 1. The van der Waals surface area contributed by atoms with Crippen molar-refractivity contribution in [2.24, 2.45) is 13.0 Å². The highest BCUT2D eigenvalue weighted by molar-refractivity contribution is 7.89. The van der Waals surface area contributed by atoms with E-state index in [1.54, 1.807) is 30.7 Å². The first-order chi connectivity index (χ1) is 10.9. The SMILES string of the molecule is Cc1ccc(CC2CCN(S(=O)(=O)c3cn(C)cn3)C2)cc1F. The zero-order chi connectivity index (χ0) is 16.6. The van der Waals surface area contributed by atoms with Gasteiger partial charge in [-0.3, -0.25) is 0 Å². The van der Waals surface area contributed by atoms with Gasteiger partial charge in [-0.25, -0.2) is 17.8 Å². The zero-order valence-electron chi connectivity index (χ0n) is 13.2. The van der Waals surface area contributed by atoms with Gasteiger partial charge in [-0.1, -0.05) is 12.1 Å². The van der Waals surface area contributed by atoms with Crippen LogP contribution in [0.4, 0.5) is 4.39 Å². The molecule has 1 atom stereocenters. The molecule has 1 aliphatic rings. The Labute approximate surface area is 135 Å². The predicted octanol–water partition coefficient (Wildman–Crippen LogP) is 2.12. The molecule has 0 N–H and O–H groups in total. The van der Waals surface area contributed by atoms with Crippen molar-refractivity contribution < 1.29 is 12.8 Å². The summed E-state index contributed by atoms with van der Waals surface area (Å²) in [6, 6.07) is 5.22. The minimum Gasteiger partial charge on any atom is -0.339 e. The molecule has 1 fully saturated rings. The molecule has 0 amide bonds. The molecule has 7 heteroatoms. The van der Waals surface area contributed by atoms with E-state index in [2.05, 4.69) is 4.98 Å². The lowest BCUT2D eigenvalue weighted by atomic mass is 9.98. The van der Waals surface area contributed by atoms with Crippen molar-refractivity contribution in [2.45, 2.75) is 24.8 Å². The molecule has 1 unspecified atom stereocenters. The van der Waals surface area contributed by atoms with Gasteiger partial charge in [0.05, 0.1) is 6.33 Å². The van der Waals surface area contributed by atoms with Crippen LogP contribution in [0.3, 0.4) is 0 Å². The third kappa shape index (κ3) is 3.30. The van der Waals surface area contributed by atoms with Gasteiger partial charge in [-0.05, 0) is 42.9 Å². The second-order valence-electron chi connectivity index (χ2n) is 6.18. The normalized spacial score (nSPS) is 19.3. The van der Waals surface area contributed by atoms with Crippen molar-refractivity contribution in [3.63, 3.8) is 0 Å². The maximum absolute atomic E-state index is 13.6. The van der Waals surface area contributed by atoms with Gasteiger partial charge in [-0.15, -0.1) is 0 Å². The summed E-state index contributed by atoms with van der Waals surface area (Å²) >= 11 is 0. The number of rotatable bonds is 4. The summed E-state index contributed by atoms with van der Waals surface area (Å²) in [4.78, 5) is 3.95. The van der Waals surface area contributed by atoms with Crippen molar-refractivity contribution in [1.29, 1.82) is 0 Å². The fraction of sp³-hybridized carbons (Fsp3) is 0.438. The molecule has 0 saturated carbocycles. The third-order valence-corrected chi connectivity index (χ3v) is 6.05. The number of aryl methyl sites for hydroxylation is 2. The molecule has 0 radical (unpaired) electrons. The fourth-order valence-corrected chi connectivity index (χ4v) is 4.43. The smallest absolute Gasteiger partial charge is 0.262 e. The van der Waals surface area contributed by atoms with Crippen molar-refractivity contribution in [3.05, 3.63) is 47.7 Å². The van der Waals surface area contributed by atoms with Crippen LogP contribution in [0.2, 0.25) is 0 Å². The third-order valence-electron chi connectivity index (χ3n) is 4.29. The molecule has 0 bridgehead atoms. The van der Waals surface area contributed by atoms with Crippen LogP contribution in [-0.2, 0) is 23.5 Å². The first kappa shape index (κ1) is 16.1. The number of halogens is 1. The van der Waals surface area contributed by atoms with Crippen LogP contribution in [0.5, 0.6) is 0 Å². The van der Waals surface area contributed by atoms with E-state index in [1.165, 1.54) is 16.8 Å². The highest BCUT2D eigenvalue weighted by Gasteiger charge is 2.33. The van der Waals surface area contributed by atoms with Crippen LogP contribution >= 0.6 is 0 Å². The van der Waals surface area contributed by atoms with E-state index in [4.69, 9.17) is 0 Å². The zero-order valence-corrected chi connectivity index (χ0v) is 14.1. The van der Waals surface area contributed by atoms with Gasteiger partial charge >= 0.3 is 0 Å². The monoisotopic (exact) mass is 337 g/mol. The van der Waals surface area contributed by atoms with Gasteiger partial charge < -0.3 is 4.57 Å². The Morgan fingerprint density at radius 3 is 2.83 bits per heavy atom. The molecule has 23 heavy (non-hydrogen) atoms. The van der Waals surface area contributed by atoms with Gasteiger partial charge in [0.25, 0.3) is 10.0 Å². The molecule has 0 spiro atoms. The number of sulfonamides is 1. The van der Waals surface area contributed by atoms with Crippen LogP contribution in [0.1, 0.15) is 17.5 Å². The van der Waals surface area contributed by atoms with E-state index in [1.807, 2.05) is 6.07 Å². The Morgan fingerprint density at radius 1 is 1.39 bits per heavy atom. The van der Waals surface area contributed by atoms with Crippen molar-refractivity contribution in [1.82, 2.24) is 13.9 Å². The Bertz CT molecular complexity index is 816. The highest BCUT2D eigenvalue weighted by atomic mass is 32.2. The molecule has 3 rings (SSSR count). The van der Waals surface area contributed by atoms with Crippen molar-refractivity contribution in [3.8, 4) is 0 Å². The number of imidazole rings is 1. The number of nitrogens with zero attached hydrogens (tertiary/aromatic N) is 3. The maximum Gasteiger partial charge on any atom is 0.262 e. The van der Waals surface area contributed by atoms with Gasteiger partial charge in [0.15, 0.2) is 5.03 Å². The number of hydrogen-bond acceptors (Lipinski definition) is 3. The van der Waals surface area contributed by atoms with Crippen LogP contribution in [0.25, 0.3) is 0 Å². The van der Waals surface area contributed by atoms with Crippen LogP contribution in [-0.4, -0.2) is 35.4 Å². The van der Waals surface area contributed by atoms with E-state index in [0.717, 1.165) is 12.0 Å². The quantitative estimate of drug-likeness (QED) is 0.859. The molecule has 1 saturated heterocycles. The predicted molar refractivity (Wildman–Crippen MR) is 84.9 cm³/mol. The largest absolute Gasteiger partial charge is 0.339 e. The number of aromatic nitrogens is 2. The molecule has 5 nitrogen and oxygen atoms in total. The van der Waals surface area contributed by atoms with E-state index in [0.29, 0.717) is 25.1 Å². The second-order valence-corrected chi connectivity index (χ2v) is 8.07. The van der Waals surface area contributed by atoms with Crippen LogP contribution in [0, 0.1) is 18.7 Å². The molecular formula is C16H20FN3O2S. The van der Waals surface area contributed by atoms with Crippen molar-refractivity contribution >= 4 is 10.0 Å². The summed E-state index contributed by atoms with van der Waals surface area (Å²) in [5.74, 6) is -0.00551. The molecule has 2 aromatic rings. The molecule has 0 aliphatic carbocycles. The molecule has 1 aliphatic heterocycles. The maximum atomic E-state index is 13.6. The Hall–Kier alpha value is -1.73. The summed E-state index contributed by atoms with van der Waals surface area (Å²) in [5, 5.41) is 0.0852. The summed E-state index contributed by atoms with van der Waals surface area (Å²) < 4.78 is 41.8. The first-order valence-corrected chi connectivity index (χ1v) is 9.03. The van der Waals surface area contributed by atoms with E-state index >= 15 is 0 Å². The highest BCUT2D eigenvalue weighted by Crippen LogP contribution is 2.26. The summed E-state index contributed by atoms with van der Waals surface area (Å²) in [6.45, 7) is 2.67. The molecule has 2 heterocycles. The number of hydrogen-bond donors (Lipinski definition) is 0. The Balaban J connectivity index is 1.69. The molecule has 124 valence electrons. The summed E-state index contributed by atoms with van der Waals surface area (Å²) in [6.07, 6.45) is 4.46. The molecule has 1 aromatic carbocycles. The Kier molecular flexibility index (Phi) is 4.25. The molecular weight excluding hydrogens is 317 g/mol. The van der Waals surface area contributed by atoms with Gasteiger partial charge in [-0.2, -0.15) is 4.31 Å². The molecule has 1 aromatic heterocycles. The van der Waals surface area contributed by atoms with Crippen molar-refractivity contribution in [2.75, 3.05) is 13.1 Å². The van der Waals surface area contributed by atoms with Gasteiger partial charge in [0.1, 0.15) is 5.82 Å². The minimum atomic E-state index is -3.53. The van der Waals surface area contributed by atoms with E-state index < -0.39 is 10.0 Å². The fourth-order valence-electron chi connectivity index (χ4n) is 2.93. The lowest BCUT2D eigenvalue weighted by Crippen LogP contribution is -2.29. The second kappa shape index (κ2) is 6.05. The van der Waals surface area contributed by atoms with Gasteiger partial charge in [0.2, 0.25) is 0 Å². The van der Waals surface area contributed by atoms with E-state index in [9.17, 15) is 12.8 Å².